The van der Waals surface area contributed by atoms with Crippen molar-refractivity contribution in [1.82, 2.24) is 10.6 Å². The largest absolute Gasteiger partial charge is 0.508 e. The van der Waals surface area contributed by atoms with Crippen molar-refractivity contribution in [3.63, 3.8) is 0 Å². The molecule has 7 nitrogen and oxygen atoms in total. The predicted molar refractivity (Wildman–Crippen MR) is 72.2 cm³/mol. The molecular weight excluding hydrogens is 264 g/mol. The maximum absolute atomic E-state index is 9.89. The molecule has 0 aliphatic carbocycles. The third-order valence-electron chi connectivity index (χ3n) is 2.84. The van der Waals surface area contributed by atoms with E-state index in [-0.39, 0.29) is 18.8 Å². The van der Waals surface area contributed by atoms with Crippen LogP contribution in [0.2, 0.25) is 0 Å². The zero-order valence-corrected chi connectivity index (χ0v) is 11.8. The molecule has 0 aliphatic rings. The molecule has 0 unspecified atom stereocenters. The summed E-state index contributed by atoms with van der Waals surface area (Å²) < 4.78 is 0. The molecule has 0 aliphatic heterocycles. The van der Waals surface area contributed by atoms with Gasteiger partial charge in [-0.1, -0.05) is 6.07 Å². The van der Waals surface area contributed by atoms with Crippen molar-refractivity contribution in [2.45, 2.75) is 45.7 Å². The minimum atomic E-state index is -2.07. The summed E-state index contributed by atoms with van der Waals surface area (Å²) in [6, 6.07) is 3.19. The van der Waals surface area contributed by atoms with Gasteiger partial charge in [0.25, 0.3) is 0 Å². The van der Waals surface area contributed by atoms with E-state index >= 15 is 0 Å². The molecule has 0 radical (unpaired) electrons. The van der Waals surface area contributed by atoms with E-state index in [0.717, 1.165) is 12.5 Å². The average Bonchev–Trinajstić information content (AvgIpc) is 2.26. The van der Waals surface area contributed by atoms with Gasteiger partial charge in [0.2, 0.25) is 11.8 Å². The smallest absolute Gasteiger partial charge is 0.219 e. The Hall–Kier alpha value is -1.22. The van der Waals surface area contributed by atoms with E-state index in [1.54, 1.807) is 6.07 Å². The van der Waals surface area contributed by atoms with Gasteiger partial charge >= 0.3 is 0 Å². The van der Waals surface area contributed by atoms with E-state index < -0.39 is 11.8 Å². The van der Waals surface area contributed by atoms with E-state index in [1.165, 1.54) is 13.0 Å². The Balaban J connectivity index is 2.99. The summed E-state index contributed by atoms with van der Waals surface area (Å²) >= 11 is 0. The Morgan fingerprint density at radius 1 is 0.900 bits per heavy atom. The van der Waals surface area contributed by atoms with Gasteiger partial charge < -0.3 is 25.5 Å². The molecule has 1 rings (SSSR count). The molecule has 7 N–H and O–H groups in total. The zero-order chi connectivity index (χ0) is 15.6. The predicted octanol–water partition coefficient (Wildman–Crippen LogP) is -0.804. The van der Waals surface area contributed by atoms with Gasteiger partial charge in [0, 0.05) is 32.5 Å². The van der Waals surface area contributed by atoms with Crippen LogP contribution in [0.15, 0.2) is 12.1 Å². The molecule has 0 bridgehead atoms. The van der Waals surface area contributed by atoms with E-state index in [1.807, 2.05) is 6.92 Å². The van der Waals surface area contributed by atoms with Gasteiger partial charge in [0.15, 0.2) is 0 Å². The zero-order valence-electron chi connectivity index (χ0n) is 11.8. The fraction of sp³-hybridized carbons (Fsp3) is 0.538. The third kappa shape index (κ3) is 5.41. The molecule has 0 spiro atoms. The lowest BCUT2D eigenvalue weighted by Crippen LogP contribution is -2.43. The molecule has 1 aromatic rings. The second-order valence-corrected chi connectivity index (χ2v) is 5.11. The lowest BCUT2D eigenvalue weighted by Gasteiger charge is -2.23. The first-order chi connectivity index (χ1) is 8.99. The van der Waals surface area contributed by atoms with E-state index in [2.05, 4.69) is 10.6 Å². The first-order valence-corrected chi connectivity index (χ1v) is 6.19. The molecule has 0 fully saturated rings. The SMILES string of the molecule is Cc1ccc(O)c(CNC(C)(O)O)c1CNC(C)(O)O. The molecule has 0 amide bonds. The summed E-state index contributed by atoms with van der Waals surface area (Å²) in [6.07, 6.45) is 0. The number of hydrogen-bond donors (Lipinski definition) is 7. The van der Waals surface area contributed by atoms with Crippen molar-refractivity contribution in [3.8, 4) is 5.75 Å². The number of hydrogen-bond acceptors (Lipinski definition) is 7. The second kappa shape index (κ2) is 6.04. The van der Waals surface area contributed by atoms with Gasteiger partial charge in [0.05, 0.1) is 0 Å². The summed E-state index contributed by atoms with van der Waals surface area (Å²) in [5, 5.41) is 51.9. The number of aryl methyl sites for hydroxylation is 1. The van der Waals surface area contributed by atoms with Crippen LogP contribution >= 0.6 is 0 Å². The number of nitrogens with one attached hydrogen (secondary N) is 2. The van der Waals surface area contributed by atoms with E-state index in [9.17, 15) is 25.5 Å². The van der Waals surface area contributed by atoms with Gasteiger partial charge in [-0.05, 0) is 24.1 Å². The number of phenols is 1. The van der Waals surface area contributed by atoms with Crippen LogP contribution in [0.3, 0.4) is 0 Å². The van der Waals surface area contributed by atoms with E-state index in [0.29, 0.717) is 11.1 Å². The van der Waals surface area contributed by atoms with Crippen LogP contribution in [0.25, 0.3) is 0 Å². The van der Waals surface area contributed by atoms with Gasteiger partial charge in [-0.15, -0.1) is 0 Å². The number of rotatable bonds is 6. The second-order valence-electron chi connectivity index (χ2n) is 5.11. The van der Waals surface area contributed by atoms with Gasteiger partial charge in [-0.2, -0.15) is 0 Å². The quantitative estimate of drug-likeness (QED) is 0.341. The van der Waals surface area contributed by atoms with Crippen LogP contribution in [0.1, 0.15) is 30.5 Å². The standard InChI is InChI=1S/C13H22N2O5/c1-8-4-5-11(16)10(7-15-13(3,19)20)9(8)6-14-12(2,17)18/h4-5,14-20H,6-7H2,1-3H3. The fourth-order valence-corrected chi connectivity index (χ4v) is 1.75. The first kappa shape index (κ1) is 16.8. The van der Waals surface area contributed by atoms with Gasteiger partial charge in [0.1, 0.15) is 5.75 Å². The minimum Gasteiger partial charge on any atom is -0.508 e. The third-order valence-corrected chi connectivity index (χ3v) is 2.84. The highest BCUT2D eigenvalue weighted by molar-refractivity contribution is 5.44. The Morgan fingerprint density at radius 3 is 1.80 bits per heavy atom. The number of benzene rings is 1. The Labute approximate surface area is 117 Å². The van der Waals surface area contributed by atoms with Crippen molar-refractivity contribution in [1.29, 1.82) is 0 Å². The summed E-state index contributed by atoms with van der Waals surface area (Å²) in [5.74, 6) is -4.12. The van der Waals surface area contributed by atoms with Crippen LogP contribution < -0.4 is 10.6 Å². The normalized spacial score (nSPS) is 12.8. The highest BCUT2D eigenvalue weighted by atomic mass is 16.5. The molecule has 1 aromatic carbocycles. The lowest BCUT2D eigenvalue weighted by atomic mass is 10.00. The summed E-state index contributed by atoms with van der Waals surface area (Å²) in [7, 11) is 0. The highest BCUT2D eigenvalue weighted by Crippen LogP contribution is 2.25. The Morgan fingerprint density at radius 2 is 1.35 bits per heavy atom. The van der Waals surface area contributed by atoms with Crippen molar-refractivity contribution in [2.75, 3.05) is 0 Å². The van der Waals surface area contributed by atoms with E-state index in [4.69, 9.17) is 0 Å². The molecule has 0 saturated heterocycles. The maximum atomic E-state index is 9.89. The molecular formula is C13H22N2O5. The lowest BCUT2D eigenvalue weighted by molar-refractivity contribution is -0.172. The van der Waals surface area contributed by atoms with Crippen molar-refractivity contribution < 1.29 is 25.5 Å². The number of aliphatic hydroxyl groups is 4. The minimum absolute atomic E-state index is 0.0123. The van der Waals surface area contributed by atoms with Crippen molar-refractivity contribution >= 4 is 0 Å². The molecule has 114 valence electrons. The molecule has 0 heterocycles. The Bertz CT molecular complexity index is 420. The average molecular weight is 286 g/mol. The van der Waals surface area contributed by atoms with Crippen LogP contribution in [0.4, 0.5) is 0 Å². The first-order valence-electron chi connectivity index (χ1n) is 6.19. The molecule has 0 saturated carbocycles. The number of phenolic OH excluding ortho intramolecular Hbond substituents is 1. The molecule has 7 heteroatoms. The topological polar surface area (TPSA) is 125 Å². The molecule has 20 heavy (non-hydrogen) atoms. The summed E-state index contributed by atoms with van der Waals surface area (Å²) in [4.78, 5) is 0. The van der Waals surface area contributed by atoms with Crippen molar-refractivity contribution in [2.24, 2.45) is 0 Å². The Kier molecular flexibility index (Phi) is 5.09. The van der Waals surface area contributed by atoms with Crippen LogP contribution in [-0.2, 0) is 13.1 Å². The van der Waals surface area contributed by atoms with Crippen LogP contribution in [-0.4, -0.2) is 37.4 Å². The van der Waals surface area contributed by atoms with Crippen molar-refractivity contribution in [3.05, 3.63) is 28.8 Å². The highest BCUT2D eigenvalue weighted by Gasteiger charge is 2.19. The summed E-state index contributed by atoms with van der Waals surface area (Å²) in [6.45, 7) is 4.27. The number of aromatic hydroxyl groups is 1. The molecule has 0 atom stereocenters. The van der Waals surface area contributed by atoms with Crippen LogP contribution in [0.5, 0.6) is 5.75 Å². The summed E-state index contributed by atoms with van der Waals surface area (Å²) in [5.41, 5.74) is 1.93. The molecule has 0 aromatic heterocycles. The monoisotopic (exact) mass is 286 g/mol. The fourth-order valence-electron chi connectivity index (χ4n) is 1.75. The van der Waals surface area contributed by atoms with Crippen LogP contribution in [0, 0.1) is 6.92 Å². The van der Waals surface area contributed by atoms with Gasteiger partial charge in [-0.25, -0.2) is 0 Å². The maximum Gasteiger partial charge on any atom is 0.219 e. The van der Waals surface area contributed by atoms with Gasteiger partial charge in [-0.3, -0.25) is 10.6 Å².